The first-order valence-corrected chi connectivity index (χ1v) is 9.40. The fourth-order valence-corrected chi connectivity index (χ4v) is 3.52. The van der Waals surface area contributed by atoms with Crippen molar-refractivity contribution in [1.29, 1.82) is 0 Å². The maximum Gasteiger partial charge on any atom is 0.305 e. The third-order valence-electron chi connectivity index (χ3n) is 3.73. The quantitative estimate of drug-likeness (QED) is 0.343. The Hall–Kier alpha value is -3.30. The number of carbonyl (C=O) groups excluding carboxylic acids is 1. The number of hydrogen-bond donors (Lipinski definition) is 3. The Morgan fingerprint density at radius 1 is 1.04 bits per heavy atom. The molecule has 4 rings (SSSR count). The lowest BCUT2D eigenvalue weighted by Gasteiger charge is -2.10. The summed E-state index contributed by atoms with van der Waals surface area (Å²) in [5.74, 6) is -0.209. The molecule has 0 aliphatic heterocycles. The van der Waals surface area contributed by atoms with Gasteiger partial charge in [0.1, 0.15) is 5.82 Å². The van der Waals surface area contributed by atoms with Gasteiger partial charge in [-0.1, -0.05) is 12.1 Å². The predicted octanol–water partition coefficient (Wildman–Crippen LogP) is 4.33. The van der Waals surface area contributed by atoms with Gasteiger partial charge in [0.15, 0.2) is 21.6 Å². The van der Waals surface area contributed by atoms with Gasteiger partial charge in [0, 0.05) is 5.69 Å². The van der Waals surface area contributed by atoms with Crippen LogP contribution in [0.4, 0.5) is 10.1 Å². The van der Waals surface area contributed by atoms with E-state index in [0.29, 0.717) is 16.5 Å². The molecule has 0 unspecified atom stereocenters. The van der Waals surface area contributed by atoms with Crippen molar-refractivity contribution in [3.05, 3.63) is 72.2 Å². The number of aromatic nitrogens is 1. The van der Waals surface area contributed by atoms with Crippen molar-refractivity contribution in [2.75, 3.05) is 5.32 Å². The summed E-state index contributed by atoms with van der Waals surface area (Å²) in [5, 5.41) is 3.67. The summed E-state index contributed by atoms with van der Waals surface area (Å²) >= 11 is 6.57. The summed E-state index contributed by atoms with van der Waals surface area (Å²) in [6.45, 7) is 0. The number of halogens is 1. The van der Waals surface area contributed by atoms with Crippen LogP contribution in [0.1, 0.15) is 10.6 Å². The summed E-state index contributed by atoms with van der Waals surface area (Å²) in [7, 11) is 0. The molecule has 0 aliphatic carbocycles. The van der Waals surface area contributed by atoms with Gasteiger partial charge in [0.2, 0.25) is 0 Å². The number of fused-ring (bicyclic) bond motifs is 1. The van der Waals surface area contributed by atoms with E-state index in [1.807, 2.05) is 24.3 Å². The number of hydrazine groups is 1. The van der Waals surface area contributed by atoms with Crippen LogP contribution in [0.25, 0.3) is 21.0 Å². The van der Waals surface area contributed by atoms with Crippen molar-refractivity contribution in [2.24, 2.45) is 0 Å². The number of thiocarbonyl (C=S) groups is 1. The van der Waals surface area contributed by atoms with Gasteiger partial charge in [0.05, 0.1) is 10.2 Å². The maximum absolute atomic E-state index is 12.9. The van der Waals surface area contributed by atoms with Crippen molar-refractivity contribution in [2.45, 2.75) is 0 Å². The molecule has 0 radical (unpaired) electrons. The molecule has 4 aromatic rings. The predicted molar refractivity (Wildman–Crippen MR) is 111 cm³/mol. The van der Waals surface area contributed by atoms with Crippen LogP contribution in [0.2, 0.25) is 0 Å². The van der Waals surface area contributed by atoms with Crippen molar-refractivity contribution >= 4 is 50.5 Å². The summed E-state index contributed by atoms with van der Waals surface area (Å²) in [5.41, 5.74) is 6.48. The van der Waals surface area contributed by atoms with Crippen LogP contribution < -0.4 is 16.2 Å². The van der Waals surface area contributed by atoms with Gasteiger partial charge in [-0.25, -0.2) is 9.37 Å². The second-order valence-corrected chi connectivity index (χ2v) is 7.13. The number of amides is 1. The van der Waals surface area contributed by atoms with Gasteiger partial charge < -0.3 is 9.73 Å². The second kappa shape index (κ2) is 7.75. The number of carbonyl (C=O) groups is 1. The highest BCUT2D eigenvalue weighted by Crippen LogP contribution is 2.31. The zero-order valence-electron chi connectivity index (χ0n) is 14.2. The molecule has 0 aliphatic rings. The first-order chi connectivity index (χ1) is 13.6. The van der Waals surface area contributed by atoms with Crippen LogP contribution in [0.5, 0.6) is 0 Å². The number of anilines is 1. The molecule has 28 heavy (non-hydrogen) atoms. The molecule has 1 amide bonds. The van der Waals surface area contributed by atoms with E-state index in [4.69, 9.17) is 16.6 Å². The lowest BCUT2D eigenvalue weighted by Crippen LogP contribution is -2.43. The minimum atomic E-state index is -0.490. The normalized spacial score (nSPS) is 10.6. The van der Waals surface area contributed by atoms with E-state index in [2.05, 4.69) is 21.2 Å². The van der Waals surface area contributed by atoms with Gasteiger partial charge in [0.25, 0.3) is 0 Å². The summed E-state index contributed by atoms with van der Waals surface area (Å²) < 4.78 is 19.6. The highest BCUT2D eigenvalue weighted by atomic mass is 32.1. The second-order valence-electron chi connectivity index (χ2n) is 5.69. The molecular formula is C19H13FN4O2S2. The highest BCUT2D eigenvalue weighted by Gasteiger charge is 2.15. The molecule has 0 saturated heterocycles. The van der Waals surface area contributed by atoms with Gasteiger partial charge in [-0.3, -0.25) is 15.6 Å². The zero-order valence-corrected chi connectivity index (χ0v) is 15.9. The molecule has 2 aromatic carbocycles. The summed E-state index contributed by atoms with van der Waals surface area (Å²) in [6, 6.07) is 16.7. The number of nitrogens with zero attached hydrogens (tertiary/aromatic N) is 1. The van der Waals surface area contributed by atoms with E-state index in [9.17, 15) is 9.18 Å². The SMILES string of the molecule is O=C(NNC(=S)Nc1ccc(F)cc1)c1ccc(-c2nc3ccccc3s2)o1. The molecule has 2 heterocycles. The van der Waals surface area contributed by atoms with Crippen LogP contribution in [0, 0.1) is 5.82 Å². The van der Waals surface area contributed by atoms with Gasteiger partial charge >= 0.3 is 5.91 Å². The van der Waals surface area contributed by atoms with Crippen LogP contribution >= 0.6 is 23.6 Å². The highest BCUT2D eigenvalue weighted by molar-refractivity contribution is 7.80. The Morgan fingerprint density at radius 2 is 1.82 bits per heavy atom. The van der Waals surface area contributed by atoms with Gasteiger partial charge in [-0.05, 0) is 60.7 Å². The van der Waals surface area contributed by atoms with Crippen molar-refractivity contribution < 1.29 is 13.6 Å². The van der Waals surface area contributed by atoms with E-state index in [-0.39, 0.29) is 16.7 Å². The molecule has 0 spiro atoms. The number of thiazole rings is 1. The lowest BCUT2D eigenvalue weighted by molar-refractivity contribution is 0.0917. The summed E-state index contributed by atoms with van der Waals surface area (Å²) in [6.07, 6.45) is 0. The number of hydrogen-bond acceptors (Lipinski definition) is 5. The van der Waals surface area contributed by atoms with Crippen molar-refractivity contribution in [3.8, 4) is 10.8 Å². The monoisotopic (exact) mass is 412 g/mol. The number of nitrogens with one attached hydrogen (secondary N) is 3. The number of para-hydroxylation sites is 1. The van der Waals surface area contributed by atoms with Gasteiger partial charge in [-0.15, -0.1) is 11.3 Å². The molecule has 6 nitrogen and oxygen atoms in total. The van der Waals surface area contributed by atoms with Crippen LogP contribution in [0.15, 0.2) is 65.1 Å². The Morgan fingerprint density at radius 3 is 2.61 bits per heavy atom. The van der Waals surface area contributed by atoms with E-state index < -0.39 is 5.91 Å². The molecule has 0 bridgehead atoms. The molecule has 9 heteroatoms. The van der Waals surface area contributed by atoms with E-state index in [0.717, 1.165) is 10.2 Å². The average molecular weight is 412 g/mol. The first-order valence-electron chi connectivity index (χ1n) is 8.17. The van der Waals surface area contributed by atoms with Crippen LogP contribution in [-0.4, -0.2) is 16.0 Å². The molecule has 0 saturated carbocycles. The Labute approximate surface area is 168 Å². The van der Waals surface area contributed by atoms with Crippen LogP contribution in [-0.2, 0) is 0 Å². The third-order valence-corrected chi connectivity index (χ3v) is 4.98. The molecular weight excluding hydrogens is 399 g/mol. The average Bonchev–Trinajstić information content (AvgIpc) is 3.35. The number of benzene rings is 2. The topological polar surface area (TPSA) is 79.2 Å². The van der Waals surface area contributed by atoms with E-state index in [1.165, 1.54) is 35.6 Å². The Kier molecular flexibility index (Phi) is 5.00. The summed E-state index contributed by atoms with van der Waals surface area (Å²) in [4.78, 5) is 16.7. The smallest absolute Gasteiger partial charge is 0.305 e. The van der Waals surface area contributed by atoms with Crippen molar-refractivity contribution in [1.82, 2.24) is 15.8 Å². The lowest BCUT2D eigenvalue weighted by atomic mass is 10.3. The molecule has 3 N–H and O–H groups in total. The maximum atomic E-state index is 12.9. The van der Waals surface area contributed by atoms with Crippen LogP contribution in [0.3, 0.4) is 0 Å². The fraction of sp³-hybridized carbons (Fsp3) is 0. The van der Waals surface area contributed by atoms with Gasteiger partial charge in [-0.2, -0.15) is 0 Å². The van der Waals surface area contributed by atoms with Crippen molar-refractivity contribution in [3.63, 3.8) is 0 Å². The van der Waals surface area contributed by atoms with E-state index >= 15 is 0 Å². The minimum absolute atomic E-state index is 0.117. The molecule has 0 atom stereocenters. The minimum Gasteiger partial charge on any atom is -0.448 e. The fourth-order valence-electron chi connectivity index (χ4n) is 2.42. The molecule has 2 aromatic heterocycles. The zero-order chi connectivity index (χ0) is 19.5. The van der Waals surface area contributed by atoms with E-state index in [1.54, 1.807) is 12.1 Å². The molecule has 140 valence electrons. The number of furan rings is 1. The first kappa shape index (κ1) is 18.1. The largest absolute Gasteiger partial charge is 0.448 e. The molecule has 0 fully saturated rings. The number of rotatable bonds is 3. The third kappa shape index (κ3) is 4.00. The Balaban J connectivity index is 1.37. The Bertz CT molecular complexity index is 1120. The standard InChI is InChI=1S/C19H13FN4O2S2/c20-11-5-7-12(8-6-11)21-19(27)24-23-17(25)14-9-10-15(26-14)18-22-13-3-1-2-4-16(13)28-18/h1-10H,(H,23,25)(H2,21,24,27).